The minimum absolute atomic E-state index is 0.0229. The van der Waals surface area contributed by atoms with E-state index in [0.29, 0.717) is 31.0 Å². The molecule has 0 bridgehead atoms. The van der Waals surface area contributed by atoms with Crippen molar-refractivity contribution in [3.05, 3.63) is 102 Å². The number of esters is 1. The maximum Gasteiger partial charge on any atom is 0.340 e. The van der Waals surface area contributed by atoms with Crippen molar-refractivity contribution in [2.45, 2.75) is 12.7 Å². The van der Waals surface area contributed by atoms with Gasteiger partial charge in [-0.25, -0.2) is 9.18 Å². The highest BCUT2D eigenvalue weighted by Crippen LogP contribution is 2.33. The summed E-state index contributed by atoms with van der Waals surface area (Å²) in [5, 5.41) is 0. The molecule has 0 atom stereocenters. The van der Waals surface area contributed by atoms with E-state index >= 15 is 0 Å². The van der Waals surface area contributed by atoms with Crippen LogP contribution in [-0.4, -0.2) is 41.8 Å². The van der Waals surface area contributed by atoms with E-state index in [0.717, 1.165) is 28.9 Å². The summed E-state index contributed by atoms with van der Waals surface area (Å²) in [4.78, 5) is 18.3. The average Bonchev–Trinajstić information content (AvgIpc) is 3.39. The fourth-order valence-electron chi connectivity index (χ4n) is 4.02. The molecule has 0 radical (unpaired) electrons. The van der Waals surface area contributed by atoms with Gasteiger partial charge in [-0.15, -0.1) is 0 Å². The average molecular weight is 474 g/mol. The number of carbonyl (C=O) groups excluding carboxylic acids is 1. The van der Waals surface area contributed by atoms with Gasteiger partial charge in [0.25, 0.3) is 0 Å². The van der Waals surface area contributed by atoms with Crippen molar-refractivity contribution < 1.29 is 23.4 Å². The summed E-state index contributed by atoms with van der Waals surface area (Å²) in [5.41, 5.74) is 3.19. The molecule has 0 spiro atoms. The largest absolute Gasteiger partial charge is 0.487 e. The Balaban J connectivity index is 1.21. The van der Waals surface area contributed by atoms with Crippen LogP contribution in [0, 0.1) is 5.82 Å². The van der Waals surface area contributed by atoms with Gasteiger partial charge in [-0.3, -0.25) is 4.98 Å². The van der Waals surface area contributed by atoms with E-state index in [9.17, 15) is 9.18 Å². The van der Waals surface area contributed by atoms with Crippen molar-refractivity contribution in [2.75, 3.05) is 25.1 Å². The highest BCUT2D eigenvalue weighted by atomic mass is 19.1. The third kappa shape index (κ3) is 4.96. The first kappa shape index (κ1) is 22.5. The van der Waals surface area contributed by atoms with Crippen LogP contribution in [0.25, 0.3) is 5.69 Å². The summed E-state index contributed by atoms with van der Waals surface area (Å²) in [5.74, 6) is 0.343. The van der Waals surface area contributed by atoms with Crippen molar-refractivity contribution in [2.24, 2.45) is 0 Å². The number of aromatic nitrogens is 2. The van der Waals surface area contributed by atoms with Gasteiger partial charge < -0.3 is 23.7 Å². The second-order valence-corrected chi connectivity index (χ2v) is 8.17. The predicted molar refractivity (Wildman–Crippen MR) is 129 cm³/mol. The summed E-state index contributed by atoms with van der Waals surface area (Å²) in [7, 11) is 1.39. The van der Waals surface area contributed by atoms with Crippen molar-refractivity contribution in [3.8, 4) is 17.2 Å². The third-order valence-electron chi connectivity index (χ3n) is 5.78. The first-order valence-electron chi connectivity index (χ1n) is 11.2. The van der Waals surface area contributed by atoms with Crippen LogP contribution >= 0.6 is 0 Å². The molecule has 0 N–H and O–H groups in total. The van der Waals surface area contributed by atoms with Crippen molar-refractivity contribution in [3.63, 3.8) is 0 Å². The first-order chi connectivity index (χ1) is 17.1. The van der Waals surface area contributed by atoms with Crippen molar-refractivity contribution in [1.29, 1.82) is 0 Å². The lowest BCUT2D eigenvalue weighted by Gasteiger charge is -2.41. The molecule has 1 fully saturated rings. The predicted octanol–water partition coefficient (Wildman–Crippen LogP) is 4.64. The lowest BCUT2D eigenvalue weighted by atomic mass is 10.1. The molecule has 0 unspecified atom stereocenters. The summed E-state index contributed by atoms with van der Waals surface area (Å²) < 4.78 is 31.9. The highest BCUT2D eigenvalue weighted by Gasteiger charge is 2.32. The molecule has 3 heterocycles. The second-order valence-electron chi connectivity index (χ2n) is 8.17. The van der Waals surface area contributed by atoms with Crippen LogP contribution in [0.15, 0.2) is 85.5 Å². The molecule has 0 saturated carbocycles. The first-order valence-corrected chi connectivity index (χ1v) is 11.2. The summed E-state index contributed by atoms with van der Waals surface area (Å²) in [6.45, 7) is 1.69. The zero-order valence-corrected chi connectivity index (χ0v) is 19.1. The summed E-state index contributed by atoms with van der Waals surface area (Å²) >= 11 is 0. The van der Waals surface area contributed by atoms with Crippen molar-refractivity contribution >= 4 is 11.7 Å². The molecule has 35 heavy (non-hydrogen) atoms. The Morgan fingerprint density at radius 2 is 1.80 bits per heavy atom. The fourth-order valence-corrected chi connectivity index (χ4v) is 4.02. The molecular weight excluding hydrogens is 449 g/mol. The number of benzene rings is 2. The number of para-hydroxylation sites is 1. The maximum atomic E-state index is 13.2. The second kappa shape index (κ2) is 9.89. The molecule has 4 aromatic rings. The Hall–Kier alpha value is -4.33. The van der Waals surface area contributed by atoms with Gasteiger partial charge in [-0.05, 0) is 42.0 Å². The molecular formula is C27H24FN3O4. The zero-order chi connectivity index (χ0) is 24.2. The number of rotatable bonds is 8. The molecule has 1 aliphatic heterocycles. The van der Waals surface area contributed by atoms with E-state index in [4.69, 9.17) is 14.2 Å². The number of carbonyl (C=O) groups is 1. The van der Waals surface area contributed by atoms with Gasteiger partial charge >= 0.3 is 5.97 Å². The van der Waals surface area contributed by atoms with Crippen LogP contribution in [0.2, 0.25) is 0 Å². The number of nitrogens with zero attached hydrogens (tertiary/aromatic N) is 3. The standard InChI is InChI=1S/C27H24FN3O4/c1-33-27(32)24-5-4-6-25(26(24)30-11-2-3-12-30)31-16-23(17-31)35-21-9-7-19(8-10-21)18-34-22-13-20(28)14-29-15-22/h2-15,23H,16-18H2,1H3. The van der Waals surface area contributed by atoms with E-state index < -0.39 is 5.82 Å². The quantitative estimate of drug-likeness (QED) is 0.347. The normalized spacial score (nSPS) is 13.3. The van der Waals surface area contributed by atoms with Gasteiger partial charge in [-0.1, -0.05) is 18.2 Å². The zero-order valence-electron chi connectivity index (χ0n) is 19.1. The van der Waals surface area contributed by atoms with E-state index in [1.165, 1.54) is 19.4 Å². The van der Waals surface area contributed by atoms with Gasteiger partial charge in [0.15, 0.2) is 0 Å². The Kier molecular flexibility index (Phi) is 6.34. The molecule has 1 saturated heterocycles. The number of hydrogen-bond acceptors (Lipinski definition) is 6. The Labute approximate surface area is 202 Å². The van der Waals surface area contributed by atoms with E-state index in [1.807, 2.05) is 65.5 Å². The van der Waals surface area contributed by atoms with Gasteiger partial charge in [0, 0.05) is 18.5 Å². The molecule has 2 aromatic heterocycles. The van der Waals surface area contributed by atoms with Gasteiger partial charge in [0.1, 0.15) is 30.0 Å². The van der Waals surface area contributed by atoms with Crippen LogP contribution in [0.5, 0.6) is 11.5 Å². The Morgan fingerprint density at radius 1 is 1.03 bits per heavy atom. The molecule has 8 heteroatoms. The molecule has 1 aliphatic rings. The molecule has 178 valence electrons. The molecule has 5 rings (SSSR count). The lowest BCUT2D eigenvalue weighted by Crippen LogP contribution is -2.54. The van der Waals surface area contributed by atoms with Crippen LogP contribution < -0.4 is 14.4 Å². The lowest BCUT2D eigenvalue weighted by molar-refractivity contribution is 0.0600. The SMILES string of the molecule is COC(=O)c1cccc(N2CC(Oc3ccc(COc4cncc(F)c4)cc3)C2)c1-n1cccc1. The topological polar surface area (TPSA) is 65.8 Å². The van der Waals surface area contributed by atoms with E-state index in [2.05, 4.69) is 9.88 Å². The smallest absolute Gasteiger partial charge is 0.340 e. The number of hydrogen-bond donors (Lipinski definition) is 0. The molecule has 0 amide bonds. The maximum absolute atomic E-state index is 13.2. The number of halogens is 1. The highest BCUT2D eigenvalue weighted by molar-refractivity contribution is 5.96. The van der Waals surface area contributed by atoms with E-state index in [1.54, 1.807) is 6.07 Å². The summed E-state index contributed by atoms with van der Waals surface area (Å²) in [6, 6.07) is 18.4. The van der Waals surface area contributed by atoms with Gasteiger partial charge in [0.2, 0.25) is 0 Å². The van der Waals surface area contributed by atoms with Crippen LogP contribution in [0.3, 0.4) is 0 Å². The van der Waals surface area contributed by atoms with Gasteiger partial charge in [0.05, 0.1) is 49.5 Å². The molecule has 0 aliphatic carbocycles. The number of anilines is 1. The number of methoxy groups -OCH3 is 1. The fraction of sp³-hybridized carbons (Fsp3) is 0.185. The number of ether oxygens (including phenoxy) is 3. The Morgan fingerprint density at radius 3 is 2.51 bits per heavy atom. The van der Waals surface area contributed by atoms with Gasteiger partial charge in [-0.2, -0.15) is 0 Å². The summed E-state index contributed by atoms with van der Waals surface area (Å²) in [6.07, 6.45) is 6.46. The minimum Gasteiger partial charge on any atom is -0.487 e. The number of pyridine rings is 1. The van der Waals surface area contributed by atoms with E-state index in [-0.39, 0.29) is 12.1 Å². The van der Waals surface area contributed by atoms with Crippen molar-refractivity contribution in [1.82, 2.24) is 9.55 Å². The minimum atomic E-state index is -0.432. The Bertz CT molecular complexity index is 1300. The van der Waals surface area contributed by atoms with Crippen LogP contribution in [0.4, 0.5) is 10.1 Å². The monoisotopic (exact) mass is 473 g/mol. The molecule has 2 aromatic carbocycles. The molecule has 7 nitrogen and oxygen atoms in total. The third-order valence-corrected chi connectivity index (χ3v) is 5.78. The van der Waals surface area contributed by atoms with Crippen LogP contribution in [-0.2, 0) is 11.3 Å². The van der Waals surface area contributed by atoms with Crippen LogP contribution in [0.1, 0.15) is 15.9 Å².